The summed E-state index contributed by atoms with van der Waals surface area (Å²) in [5.41, 5.74) is 0. The Hall–Kier alpha value is -1.09. The minimum absolute atomic E-state index is 1.80. The van der Waals surface area contributed by atoms with Crippen LogP contribution in [0.5, 0.6) is 0 Å². The van der Waals surface area contributed by atoms with E-state index in [9.17, 15) is 19.6 Å². The van der Waals surface area contributed by atoms with Crippen LogP contribution in [0.4, 0.5) is 0 Å². The Morgan fingerprint density at radius 3 is 0.889 bits per heavy atom. The van der Waals surface area contributed by atoms with Gasteiger partial charge < -0.3 is 0 Å². The fourth-order valence-corrected chi connectivity index (χ4v) is 0.275. The van der Waals surface area contributed by atoms with Crippen LogP contribution in [0.1, 0.15) is 0 Å². The van der Waals surface area contributed by atoms with Gasteiger partial charge >= 0.3 is 50.0 Å². The van der Waals surface area contributed by atoms with E-state index >= 15 is 0 Å². The van der Waals surface area contributed by atoms with Crippen LogP contribution >= 0.6 is 0 Å². The summed E-state index contributed by atoms with van der Waals surface area (Å²) in [6, 6.07) is 0. The van der Waals surface area contributed by atoms with Gasteiger partial charge in [0.05, 0.1) is 0 Å². The SMILES string of the molecule is O=[N][Co]([N]=O)([N]=O)[N]=O. The molecule has 0 bridgehead atoms. The molecule has 0 N–H and O–H groups in total. The van der Waals surface area contributed by atoms with E-state index in [1.807, 2.05) is 0 Å². The van der Waals surface area contributed by atoms with E-state index in [0.717, 1.165) is 0 Å². The first-order chi connectivity index (χ1) is 4.24. The predicted molar refractivity (Wildman–Crippen MR) is 23.2 cm³/mol. The molecule has 0 fully saturated rings. The molecular formula is CoN4O4. The van der Waals surface area contributed by atoms with E-state index in [0.29, 0.717) is 0 Å². The molecule has 8 nitrogen and oxygen atoms in total. The van der Waals surface area contributed by atoms with Crippen LogP contribution in [-0.2, 0) is 13.5 Å². The number of rotatable bonds is 4. The quantitative estimate of drug-likeness (QED) is 0.594. The normalized spacial score (nSPS) is 11.6. The molecule has 0 rings (SSSR count). The summed E-state index contributed by atoms with van der Waals surface area (Å²) in [6.45, 7) is 0. The summed E-state index contributed by atoms with van der Waals surface area (Å²) >= 11 is -4.12. The molecule has 0 aromatic rings. The Bertz CT molecular complexity index is 115. The van der Waals surface area contributed by atoms with Crippen LogP contribution in [0.2, 0.25) is 0 Å². The van der Waals surface area contributed by atoms with E-state index in [4.69, 9.17) is 0 Å². The van der Waals surface area contributed by atoms with Gasteiger partial charge in [-0.1, -0.05) is 0 Å². The van der Waals surface area contributed by atoms with Gasteiger partial charge in [0.15, 0.2) is 0 Å². The molecule has 0 aliphatic rings. The van der Waals surface area contributed by atoms with Crippen molar-refractivity contribution in [2.75, 3.05) is 0 Å². The molecule has 53 valence electrons. The van der Waals surface area contributed by atoms with Crippen LogP contribution in [-0.4, -0.2) is 0 Å². The first-order valence-electron chi connectivity index (χ1n) is 1.33. The van der Waals surface area contributed by atoms with Gasteiger partial charge in [-0.25, -0.2) is 0 Å². The van der Waals surface area contributed by atoms with Crippen LogP contribution in [0.15, 0.2) is 16.9 Å². The monoisotopic (exact) mass is 179 g/mol. The van der Waals surface area contributed by atoms with E-state index in [2.05, 4.69) is 0 Å². The molecule has 9 heavy (non-hydrogen) atoms. The number of hydrogen-bond donors (Lipinski definition) is 0. The van der Waals surface area contributed by atoms with Crippen molar-refractivity contribution in [2.45, 2.75) is 0 Å². The second kappa shape index (κ2) is 3.04. The van der Waals surface area contributed by atoms with Gasteiger partial charge in [0.2, 0.25) is 0 Å². The van der Waals surface area contributed by atoms with Gasteiger partial charge in [0, 0.05) is 0 Å². The van der Waals surface area contributed by atoms with Gasteiger partial charge in [-0.15, -0.1) is 0 Å². The van der Waals surface area contributed by atoms with E-state index in [1.54, 1.807) is 16.9 Å². The van der Waals surface area contributed by atoms with Crippen molar-refractivity contribution in [1.29, 1.82) is 0 Å². The van der Waals surface area contributed by atoms with Crippen molar-refractivity contribution in [1.82, 2.24) is 0 Å². The van der Waals surface area contributed by atoms with Gasteiger partial charge in [-0.2, -0.15) is 0 Å². The van der Waals surface area contributed by atoms with Gasteiger partial charge in [0.25, 0.3) is 0 Å². The van der Waals surface area contributed by atoms with Crippen molar-refractivity contribution in [3.8, 4) is 0 Å². The van der Waals surface area contributed by atoms with E-state index < -0.39 is 13.5 Å². The standard InChI is InChI=1S/Co.4NO/c;4*1-2/q+4;4*-1. The summed E-state index contributed by atoms with van der Waals surface area (Å²) in [5, 5.41) is 0. The average molecular weight is 179 g/mol. The Morgan fingerprint density at radius 1 is 0.667 bits per heavy atom. The molecule has 0 aliphatic carbocycles. The fraction of sp³-hybridized carbons (Fsp3) is 0. The van der Waals surface area contributed by atoms with E-state index in [1.165, 1.54) is 0 Å². The second-order valence-electron chi connectivity index (χ2n) is 0.643. The fourth-order valence-electron chi connectivity index (χ4n) is 0.0667. The molecule has 0 aromatic carbocycles. The molecule has 0 unspecified atom stereocenters. The van der Waals surface area contributed by atoms with Crippen molar-refractivity contribution in [2.24, 2.45) is 16.9 Å². The number of nitrogens with zero attached hydrogens (tertiary/aromatic N) is 4. The molecule has 0 aliphatic heterocycles. The zero-order valence-corrected chi connectivity index (χ0v) is 4.80. The summed E-state index contributed by atoms with van der Waals surface area (Å²) in [4.78, 5) is 37.8. The Balaban J connectivity index is 4.53. The van der Waals surface area contributed by atoms with Crippen LogP contribution in [0.3, 0.4) is 0 Å². The van der Waals surface area contributed by atoms with Crippen molar-refractivity contribution < 1.29 is 13.5 Å². The molecule has 0 heterocycles. The van der Waals surface area contributed by atoms with Crippen molar-refractivity contribution in [3.63, 3.8) is 0 Å². The minimum atomic E-state index is -4.12. The van der Waals surface area contributed by atoms with Gasteiger partial charge in [-0.3, -0.25) is 0 Å². The Labute approximate surface area is 50.9 Å². The maximum absolute atomic E-state index is 9.44. The molecule has 0 saturated carbocycles. The Morgan fingerprint density at radius 2 is 0.889 bits per heavy atom. The summed E-state index contributed by atoms with van der Waals surface area (Å²) < 4.78 is 7.19. The van der Waals surface area contributed by atoms with E-state index in [-0.39, 0.29) is 0 Å². The third-order valence-corrected chi connectivity index (χ3v) is 1.35. The van der Waals surface area contributed by atoms with Crippen LogP contribution < -0.4 is 0 Å². The molecule has 0 spiro atoms. The van der Waals surface area contributed by atoms with Crippen molar-refractivity contribution >= 4 is 0 Å². The molecular weight excluding hydrogens is 179 g/mol. The first kappa shape index (κ1) is 7.91. The molecule has 0 amide bonds. The third kappa shape index (κ3) is 1.40. The zero-order chi connectivity index (χ0) is 7.33. The second-order valence-corrected chi connectivity index (χ2v) is 2.65. The molecule has 0 radical (unpaired) electrons. The van der Waals surface area contributed by atoms with Gasteiger partial charge in [0.1, 0.15) is 0 Å². The predicted octanol–water partition coefficient (Wildman–Crippen LogP) is 0.866. The number of nitroso groups, excluding NO2 is 4. The summed E-state index contributed by atoms with van der Waals surface area (Å²) in [5.74, 6) is 0. The Kier molecular flexibility index (Phi) is 2.67. The third-order valence-electron chi connectivity index (χ3n) is 0.327. The summed E-state index contributed by atoms with van der Waals surface area (Å²) in [6.07, 6.45) is 0. The summed E-state index contributed by atoms with van der Waals surface area (Å²) in [7, 11) is 0. The van der Waals surface area contributed by atoms with Crippen molar-refractivity contribution in [3.05, 3.63) is 19.6 Å². The molecule has 9 heteroatoms. The molecule has 0 atom stereocenters. The maximum atomic E-state index is 9.44. The molecule has 0 saturated heterocycles. The topological polar surface area (TPSA) is 118 Å². The van der Waals surface area contributed by atoms with Gasteiger partial charge in [-0.05, 0) is 0 Å². The first-order valence-corrected chi connectivity index (χ1v) is 3.19. The average Bonchev–Trinajstić information content (AvgIpc) is 1.95. The van der Waals surface area contributed by atoms with Crippen LogP contribution in [0.25, 0.3) is 0 Å². The molecule has 0 aromatic heterocycles. The van der Waals surface area contributed by atoms with Crippen LogP contribution in [0, 0.1) is 19.6 Å². The number of hydrogen-bond acceptors (Lipinski definition) is 8. The zero-order valence-electron chi connectivity index (χ0n) is 3.76.